The number of carbonyl (C=O) groups excluding carboxylic acids is 2. The number of nitrogens with one attached hydrogen (secondary N) is 1. The standard InChI is InChI=1S/C11H14FN3O2/c1-3-15(7-10(16)13-2)11(17)8-4-5-9(12)14-6-8/h4-6H,3,7H2,1-2H3,(H,13,16). The number of pyridine rings is 1. The molecule has 5 nitrogen and oxygen atoms in total. The molecule has 0 aliphatic rings. The van der Waals surface area contributed by atoms with E-state index < -0.39 is 5.95 Å². The predicted octanol–water partition coefficient (Wildman–Crippen LogP) is 0.429. The molecule has 0 spiro atoms. The monoisotopic (exact) mass is 239 g/mol. The van der Waals surface area contributed by atoms with E-state index in [-0.39, 0.29) is 23.9 Å². The Morgan fingerprint density at radius 2 is 2.18 bits per heavy atom. The summed E-state index contributed by atoms with van der Waals surface area (Å²) < 4.78 is 12.6. The van der Waals surface area contributed by atoms with E-state index in [0.29, 0.717) is 6.54 Å². The summed E-state index contributed by atoms with van der Waals surface area (Å²) in [5, 5.41) is 2.44. The fourth-order valence-electron chi connectivity index (χ4n) is 1.26. The van der Waals surface area contributed by atoms with Crippen LogP contribution in [0.25, 0.3) is 0 Å². The molecule has 0 aliphatic heterocycles. The molecule has 0 bridgehead atoms. The lowest BCUT2D eigenvalue weighted by atomic mass is 10.2. The van der Waals surface area contributed by atoms with Crippen molar-refractivity contribution >= 4 is 11.8 Å². The molecule has 1 heterocycles. The average molecular weight is 239 g/mol. The molecule has 0 aliphatic carbocycles. The molecule has 1 N–H and O–H groups in total. The smallest absolute Gasteiger partial charge is 0.255 e. The average Bonchev–Trinajstić information content (AvgIpc) is 2.35. The second kappa shape index (κ2) is 5.93. The van der Waals surface area contributed by atoms with Crippen LogP contribution in [0.1, 0.15) is 17.3 Å². The zero-order valence-corrected chi connectivity index (χ0v) is 9.74. The van der Waals surface area contributed by atoms with Gasteiger partial charge in [0.15, 0.2) is 0 Å². The first-order valence-electron chi connectivity index (χ1n) is 5.20. The van der Waals surface area contributed by atoms with Gasteiger partial charge in [-0.25, -0.2) is 4.98 Å². The van der Waals surface area contributed by atoms with Gasteiger partial charge in [-0.05, 0) is 19.1 Å². The van der Waals surface area contributed by atoms with Crippen LogP contribution in [0.15, 0.2) is 18.3 Å². The number of likely N-dealkylation sites (N-methyl/N-ethyl adjacent to an activating group) is 2. The molecule has 2 amide bonds. The Labute approximate surface area is 98.6 Å². The van der Waals surface area contributed by atoms with E-state index in [1.54, 1.807) is 6.92 Å². The Bertz CT molecular complexity index is 406. The minimum absolute atomic E-state index is 0.0246. The minimum atomic E-state index is -0.643. The van der Waals surface area contributed by atoms with Gasteiger partial charge in [-0.3, -0.25) is 9.59 Å². The topological polar surface area (TPSA) is 62.3 Å². The Balaban J connectivity index is 2.78. The van der Waals surface area contributed by atoms with E-state index in [2.05, 4.69) is 10.3 Å². The normalized spacial score (nSPS) is 9.82. The highest BCUT2D eigenvalue weighted by atomic mass is 19.1. The lowest BCUT2D eigenvalue weighted by molar-refractivity contribution is -0.121. The predicted molar refractivity (Wildman–Crippen MR) is 59.8 cm³/mol. The van der Waals surface area contributed by atoms with Crippen molar-refractivity contribution in [1.82, 2.24) is 15.2 Å². The second-order valence-electron chi connectivity index (χ2n) is 3.36. The highest BCUT2D eigenvalue weighted by Crippen LogP contribution is 2.04. The summed E-state index contributed by atoms with van der Waals surface area (Å²) in [7, 11) is 1.50. The van der Waals surface area contributed by atoms with Crippen LogP contribution in [0, 0.1) is 5.95 Å². The van der Waals surface area contributed by atoms with Gasteiger partial charge in [0.05, 0.1) is 12.1 Å². The molecule has 0 aromatic carbocycles. The van der Waals surface area contributed by atoms with Crippen molar-refractivity contribution in [2.75, 3.05) is 20.1 Å². The Morgan fingerprint density at radius 1 is 1.47 bits per heavy atom. The third kappa shape index (κ3) is 3.51. The van der Waals surface area contributed by atoms with Crippen molar-refractivity contribution in [3.63, 3.8) is 0 Å². The molecule has 1 aromatic heterocycles. The number of carbonyl (C=O) groups is 2. The third-order valence-corrected chi connectivity index (χ3v) is 2.26. The van der Waals surface area contributed by atoms with Gasteiger partial charge in [0.25, 0.3) is 5.91 Å². The minimum Gasteiger partial charge on any atom is -0.358 e. The second-order valence-corrected chi connectivity index (χ2v) is 3.36. The van der Waals surface area contributed by atoms with Gasteiger partial charge in [0, 0.05) is 19.8 Å². The molecule has 0 radical (unpaired) electrons. The number of aromatic nitrogens is 1. The molecular weight excluding hydrogens is 225 g/mol. The SMILES string of the molecule is CCN(CC(=O)NC)C(=O)c1ccc(F)nc1. The molecule has 92 valence electrons. The van der Waals surface area contributed by atoms with Crippen LogP contribution in [0.2, 0.25) is 0 Å². The highest BCUT2D eigenvalue weighted by molar-refractivity contribution is 5.96. The first-order chi connectivity index (χ1) is 8.08. The van der Waals surface area contributed by atoms with Gasteiger partial charge in [-0.15, -0.1) is 0 Å². The lowest BCUT2D eigenvalue weighted by Gasteiger charge is -2.19. The van der Waals surface area contributed by atoms with E-state index in [1.165, 1.54) is 18.0 Å². The van der Waals surface area contributed by atoms with Crippen LogP contribution in [0.3, 0.4) is 0 Å². The maximum atomic E-state index is 12.6. The van der Waals surface area contributed by atoms with Crippen LogP contribution >= 0.6 is 0 Å². The molecule has 0 atom stereocenters. The van der Waals surface area contributed by atoms with Crippen LogP contribution in [-0.2, 0) is 4.79 Å². The van der Waals surface area contributed by atoms with Crippen LogP contribution < -0.4 is 5.32 Å². The maximum Gasteiger partial charge on any atom is 0.255 e. The van der Waals surface area contributed by atoms with Crippen LogP contribution in [0.4, 0.5) is 4.39 Å². The Kier molecular flexibility index (Phi) is 4.56. The molecule has 17 heavy (non-hydrogen) atoms. The zero-order chi connectivity index (χ0) is 12.8. The summed E-state index contributed by atoms with van der Waals surface area (Å²) >= 11 is 0. The summed E-state index contributed by atoms with van der Waals surface area (Å²) in [4.78, 5) is 27.9. The van der Waals surface area contributed by atoms with Gasteiger partial charge >= 0.3 is 0 Å². The van der Waals surface area contributed by atoms with E-state index in [9.17, 15) is 14.0 Å². The summed E-state index contributed by atoms with van der Waals surface area (Å²) in [6.07, 6.45) is 1.16. The van der Waals surface area contributed by atoms with Crippen molar-refractivity contribution in [2.24, 2.45) is 0 Å². The third-order valence-electron chi connectivity index (χ3n) is 2.26. The van der Waals surface area contributed by atoms with Crippen LogP contribution in [-0.4, -0.2) is 41.8 Å². The van der Waals surface area contributed by atoms with Crippen LogP contribution in [0.5, 0.6) is 0 Å². The van der Waals surface area contributed by atoms with E-state index >= 15 is 0 Å². The van der Waals surface area contributed by atoms with Gasteiger partial charge in [0.2, 0.25) is 11.9 Å². The molecule has 6 heteroatoms. The number of rotatable bonds is 4. The van der Waals surface area contributed by atoms with Crippen molar-refractivity contribution < 1.29 is 14.0 Å². The molecule has 1 rings (SSSR count). The van der Waals surface area contributed by atoms with E-state index in [4.69, 9.17) is 0 Å². The fourth-order valence-corrected chi connectivity index (χ4v) is 1.26. The highest BCUT2D eigenvalue weighted by Gasteiger charge is 2.16. The maximum absolute atomic E-state index is 12.6. The quantitative estimate of drug-likeness (QED) is 0.775. The largest absolute Gasteiger partial charge is 0.358 e. The summed E-state index contributed by atoms with van der Waals surface area (Å²) in [5.74, 6) is -1.24. The Hall–Kier alpha value is -1.98. The molecule has 1 aromatic rings. The number of amides is 2. The first-order valence-corrected chi connectivity index (χ1v) is 5.20. The molecular formula is C11H14FN3O2. The molecule has 0 saturated carbocycles. The fraction of sp³-hybridized carbons (Fsp3) is 0.364. The number of halogens is 1. The number of hydrogen-bond donors (Lipinski definition) is 1. The van der Waals surface area contributed by atoms with Crippen molar-refractivity contribution in [1.29, 1.82) is 0 Å². The summed E-state index contributed by atoms with van der Waals surface area (Å²) in [5.41, 5.74) is 0.261. The van der Waals surface area contributed by atoms with E-state index in [1.807, 2.05) is 0 Å². The lowest BCUT2D eigenvalue weighted by Crippen LogP contribution is -2.39. The number of nitrogens with zero attached hydrogens (tertiary/aromatic N) is 2. The van der Waals surface area contributed by atoms with Gasteiger partial charge < -0.3 is 10.2 Å². The molecule has 0 saturated heterocycles. The van der Waals surface area contributed by atoms with Crippen molar-refractivity contribution in [2.45, 2.75) is 6.92 Å². The Morgan fingerprint density at radius 3 is 2.65 bits per heavy atom. The summed E-state index contributed by atoms with van der Waals surface area (Å²) in [6.45, 7) is 2.13. The van der Waals surface area contributed by atoms with Gasteiger partial charge in [0.1, 0.15) is 0 Å². The molecule has 0 fully saturated rings. The summed E-state index contributed by atoms with van der Waals surface area (Å²) in [6, 6.07) is 2.46. The molecule has 0 unspecified atom stereocenters. The number of hydrogen-bond acceptors (Lipinski definition) is 3. The van der Waals surface area contributed by atoms with Crippen molar-refractivity contribution in [3.05, 3.63) is 29.8 Å². The van der Waals surface area contributed by atoms with Gasteiger partial charge in [-0.2, -0.15) is 4.39 Å². The first kappa shape index (κ1) is 13.1. The van der Waals surface area contributed by atoms with Gasteiger partial charge in [-0.1, -0.05) is 0 Å². The van der Waals surface area contributed by atoms with E-state index in [0.717, 1.165) is 12.3 Å². The zero-order valence-electron chi connectivity index (χ0n) is 9.74. The van der Waals surface area contributed by atoms with Crippen molar-refractivity contribution in [3.8, 4) is 0 Å².